The summed E-state index contributed by atoms with van der Waals surface area (Å²) in [5, 5.41) is 4.76. The number of carbonyl (C=O) groups is 2. The number of amides is 1. The van der Waals surface area contributed by atoms with Crippen molar-refractivity contribution in [2.75, 3.05) is 19.0 Å². The van der Waals surface area contributed by atoms with Gasteiger partial charge in [0.2, 0.25) is 5.88 Å². The number of halogens is 1. The van der Waals surface area contributed by atoms with Crippen LogP contribution in [0.1, 0.15) is 27.6 Å². The summed E-state index contributed by atoms with van der Waals surface area (Å²) in [5.41, 5.74) is 1.63. The zero-order valence-corrected chi connectivity index (χ0v) is 16.0. The number of benzene rings is 1. The van der Waals surface area contributed by atoms with Crippen molar-refractivity contribution in [2.24, 2.45) is 0 Å². The summed E-state index contributed by atoms with van der Waals surface area (Å²) in [5.74, 6) is -1.24. The molecule has 0 unspecified atom stereocenters. The summed E-state index contributed by atoms with van der Waals surface area (Å²) in [6.45, 7) is 2.15. The molecule has 0 saturated heterocycles. The average molecular weight is 400 g/mol. The van der Waals surface area contributed by atoms with E-state index in [0.717, 1.165) is 0 Å². The van der Waals surface area contributed by atoms with Crippen LogP contribution in [0, 0.1) is 5.82 Å². The van der Waals surface area contributed by atoms with Crippen LogP contribution in [0.2, 0.25) is 0 Å². The number of hydrogen-bond acceptors (Lipinski definition) is 6. The van der Waals surface area contributed by atoms with E-state index in [0.29, 0.717) is 22.7 Å². The van der Waals surface area contributed by atoms with Gasteiger partial charge in [-0.25, -0.2) is 14.2 Å². The summed E-state index contributed by atoms with van der Waals surface area (Å²) < 4.78 is 23.5. The normalized spacial score (nSPS) is 10.4. The van der Waals surface area contributed by atoms with E-state index >= 15 is 0 Å². The maximum Gasteiger partial charge on any atom is 0.341 e. The molecule has 0 radical (unpaired) electrons. The quantitative estimate of drug-likeness (QED) is 0.621. The number of ether oxygens (including phenoxy) is 2. The molecule has 0 aliphatic rings. The highest BCUT2D eigenvalue weighted by Crippen LogP contribution is 2.36. The molecular weight excluding hydrogens is 383 g/mol. The molecule has 6 nitrogen and oxygen atoms in total. The van der Waals surface area contributed by atoms with E-state index in [-0.39, 0.29) is 22.8 Å². The molecule has 1 N–H and O–H groups in total. The lowest BCUT2D eigenvalue weighted by Gasteiger charge is -2.10. The largest absolute Gasteiger partial charge is 0.477 e. The van der Waals surface area contributed by atoms with E-state index in [1.54, 1.807) is 36.6 Å². The van der Waals surface area contributed by atoms with E-state index in [1.807, 2.05) is 0 Å². The van der Waals surface area contributed by atoms with E-state index in [1.165, 1.54) is 36.8 Å². The second kappa shape index (κ2) is 8.62. The second-order valence-corrected chi connectivity index (χ2v) is 6.47. The zero-order valence-electron chi connectivity index (χ0n) is 15.2. The Bertz CT molecular complexity index is 1000. The standard InChI is InChI=1S/C20H17FN2O4S/c1-3-27-18-14(5-4-10-22-18)17(24)23-19-16(20(25)26-2)15(11-28-19)12-6-8-13(21)9-7-12/h4-11H,3H2,1-2H3,(H,23,24). The molecule has 0 atom stereocenters. The molecule has 8 heteroatoms. The van der Waals surface area contributed by atoms with Crippen molar-refractivity contribution in [3.05, 3.63) is 64.9 Å². The van der Waals surface area contributed by atoms with Crippen molar-refractivity contribution in [2.45, 2.75) is 6.92 Å². The Morgan fingerprint density at radius 1 is 1.21 bits per heavy atom. The molecule has 2 aromatic heterocycles. The first-order valence-corrected chi connectivity index (χ1v) is 9.28. The number of methoxy groups -OCH3 is 1. The van der Waals surface area contributed by atoms with Gasteiger partial charge in [-0.05, 0) is 36.8 Å². The Hall–Kier alpha value is -3.26. The van der Waals surface area contributed by atoms with Crippen LogP contribution in [0.25, 0.3) is 11.1 Å². The highest BCUT2D eigenvalue weighted by Gasteiger charge is 2.24. The molecule has 2 heterocycles. The third-order valence-electron chi connectivity index (χ3n) is 3.86. The Morgan fingerprint density at radius 2 is 1.96 bits per heavy atom. The minimum absolute atomic E-state index is 0.203. The highest BCUT2D eigenvalue weighted by atomic mass is 32.1. The number of anilines is 1. The minimum Gasteiger partial charge on any atom is -0.477 e. The molecule has 0 saturated carbocycles. The van der Waals surface area contributed by atoms with Gasteiger partial charge in [-0.2, -0.15) is 0 Å². The third-order valence-corrected chi connectivity index (χ3v) is 4.76. The van der Waals surface area contributed by atoms with Gasteiger partial charge in [0.25, 0.3) is 5.91 Å². The number of carbonyl (C=O) groups excluding carboxylic acids is 2. The lowest BCUT2D eigenvalue weighted by atomic mass is 10.0. The molecule has 0 spiro atoms. The molecular formula is C20H17FN2O4S. The van der Waals surface area contributed by atoms with Crippen LogP contribution in [0.3, 0.4) is 0 Å². The third kappa shape index (κ3) is 4.01. The summed E-state index contributed by atoms with van der Waals surface area (Å²) in [7, 11) is 1.26. The Kier molecular flexibility index (Phi) is 6.00. The van der Waals surface area contributed by atoms with Crippen LogP contribution in [-0.2, 0) is 4.74 Å². The molecule has 0 fully saturated rings. The topological polar surface area (TPSA) is 77.5 Å². The van der Waals surface area contributed by atoms with E-state index < -0.39 is 11.9 Å². The van der Waals surface area contributed by atoms with Gasteiger partial charge in [0.1, 0.15) is 21.9 Å². The molecule has 1 aromatic carbocycles. The van der Waals surface area contributed by atoms with Gasteiger partial charge in [0.05, 0.1) is 13.7 Å². The first kappa shape index (κ1) is 19.5. The number of thiophene rings is 1. The minimum atomic E-state index is -0.605. The SMILES string of the molecule is CCOc1ncccc1C(=O)Nc1scc(-c2ccc(F)cc2)c1C(=O)OC. The molecule has 1 amide bonds. The van der Waals surface area contributed by atoms with Gasteiger partial charge >= 0.3 is 5.97 Å². The summed E-state index contributed by atoms with van der Waals surface area (Å²) in [6, 6.07) is 8.93. The Labute approximate surface area is 164 Å². The van der Waals surface area contributed by atoms with Crippen LogP contribution < -0.4 is 10.1 Å². The van der Waals surface area contributed by atoms with Gasteiger partial charge in [0, 0.05) is 17.1 Å². The van der Waals surface area contributed by atoms with Crippen molar-refractivity contribution >= 4 is 28.2 Å². The van der Waals surface area contributed by atoms with Crippen LogP contribution in [0.15, 0.2) is 48.0 Å². The Balaban J connectivity index is 1.97. The Morgan fingerprint density at radius 3 is 2.64 bits per heavy atom. The first-order chi connectivity index (χ1) is 13.5. The van der Waals surface area contributed by atoms with Gasteiger partial charge in [0.15, 0.2) is 0 Å². The van der Waals surface area contributed by atoms with E-state index in [2.05, 4.69) is 10.3 Å². The molecule has 3 rings (SSSR count). The summed E-state index contributed by atoms with van der Waals surface area (Å²) in [6.07, 6.45) is 1.53. The van der Waals surface area contributed by atoms with Crippen LogP contribution in [-0.4, -0.2) is 30.6 Å². The van der Waals surface area contributed by atoms with Crippen LogP contribution in [0.5, 0.6) is 5.88 Å². The van der Waals surface area contributed by atoms with Gasteiger partial charge < -0.3 is 14.8 Å². The van der Waals surface area contributed by atoms with Crippen molar-refractivity contribution in [3.8, 4) is 17.0 Å². The van der Waals surface area contributed by atoms with E-state index in [4.69, 9.17) is 9.47 Å². The molecule has 0 aliphatic carbocycles. The molecule has 3 aromatic rings. The van der Waals surface area contributed by atoms with Crippen molar-refractivity contribution in [1.82, 2.24) is 4.98 Å². The van der Waals surface area contributed by atoms with Crippen molar-refractivity contribution in [3.63, 3.8) is 0 Å². The fourth-order valence-electron chi connectivity index (χ4n) is 2.58. The monoisotopic (exact) mass is 400 g/mol. The van der Waals surface area contributed by atoms with Gasteiger partial charge in [-0.3, -0.25) is 4.79 Å². The first-order valence-electron chi connectivity index (χ1n) is 8.40. The fourth-order valence-corrected chi connectivity index (χ4v) is 3.53. The van der Waals surface area contributed by atoms with Crippen molar-refractivity contribution < 1.29 is 23.5 Å². The molecule has 28 heavy (non-hydrogen) atoms. The maximum absolute atomic E-state index is 13.2. The van der Waals surface area contributed by atoms with E-state index in [9.17, 15) is 14.0 Å². The van der Waals surface area contributed by atoms with Crippen LogP contribution >= 0.6 is 11.3 Å². The van der Waals surface area contributed by atoms with Gasteiger partial charge in [-0.15, -0.1) is 11.3 Å². The lowest BCUT2D eigenvalue weighted by molar-refractivity contribution is 0.0603. The highest BCUT2D eigenvalue weighted by molar-refractivity contribution is 7.15. The number of pyridine rings is 1. The predicted molar refractivity (Wildman–Crippen MR) is 104 cm³/mol. The number of nitrogens with one attached hydrogen (secondary N) is 1. The summed E-state index contributed by atoms with van der Waals surface area (Å²) >= 11 is 1.17. The predicted octanol–water partition coefficient (Wildman–Crippen LogP) is 4.39. The number of rotatable bonds is 6. The lowest BCUT2D eigenvalue weighted by Crippen LogP contribution is -2.16. The van der Waals surface area contributed by atoms with Crippen molar-refractivity contribution in [1.29, 1.82) is 0 Å². The molecule has 0 aliphatic heterocycles. The number of hydrogen-bond donors (Lipinski definition) is 1. The zero-order chi connectivity index (χ0) is 20.1. The second-order valence-electron chi connectivity index (χ2n) is 5.60. The fraction of sp³-hybridized carbons (Fsp3) is 0.150. The number of nitrogens with zero attached hydrogens (tertiary/aromatic N) is 1. The molecule has 0 bridgehead atoms. The average Bonchev–Trinajstić information content (AvgIpc) is 3.12. The molecule has 144 valence electrons. The van der Waals surface area contributed by atoms with Crippen LogP contribution in [0.4, 0.5) is 9.39 Å². The number of aromatic nitrogens is 1. The van der Waals surface area contributed by atoms with Gasteiger partial charge in [-0.1, -0.05) is 12.1 Å². The summed E-state index contributed by atoms with van der Waals surface area (Å²) in [4.78, 5) is 29.2. The smallest absolute Gasteiger partial charge is 0.341 e. The maximum atomic E-state index is 13.2. The number of esters is 1.